The lowest BCUT2D eigenvalue weighted by molar-refractivity contribution is -0.135. The molecular weight excluding hydrogens is 252 g/mol. The second kappa shape index (κ2) is 6.66. The van der Waals surface area contributed by atoms with Crippen molar-refractivity contribution in [3.8, 4) is 16.9 Å². The Balaban J connectivity index is 2.04. The van der Waals surface area contributed by atoms with Gasteiger partial charge in [-0.3, -0.25) is 4.79 Å². The van der Waals surface area contributed by atoms with Gasteiger partial charge in [0.2, 0.25) is 0 Å². The van der Waals surface area contributed by atoms with Crippen LogP contribution in [-0.4, -0.2) is 12.3 Å². The first-order valence-electron chi connectivity index (χ1n) is 6.50. The van der Waals surface area contributed by atoms with Gasteiger partial charge in [-0.1, -0.05) is 42.0 Å². The van der Waals surface area contributed by atoms with Crippen LogP contribution in [0.2, 0.25) is 0 Å². The molecule has 0 bridgehead atoms. The van der Waals surface area contributed by atoms with Crippen molar-refractivity contribution in [1.29, 1.82) is 0 Å². The molecule has 2 aromatic carbocycles. The lowest BCUT2D eigenvalue weighted by Gasteiger charge is -2.05. The third kappa shape index (κ3) is 3.79. The molecule has 3 heteroatoms. The van der Waals surface area contributed by atoms with Crippen LogP contribution in [0, 0.1) is 6.92 Å². The summed E-state index contributed by atoms with van der Waals surface area (Å²) in [7, 11) is 0. The van der Waals surface area contributed by atoms with E-state index in [0.717, 1.165) is 11.1 Å². The van der Waals surface area contributed by atoms with Crippen LogP contribution >= 0.6 is 0 Å². The molecule has 20 heavy (non-hydrogen) atoms. The number of aryl methyl sites for hydroxylation is 1. The molecule has 0 saturated heterocycles. The van der Waals surface area contributed by atoms with E-state index in [0.29, 0.717) is 12.0 Å². The monoisotopic (exact) mass is 268 g/mol. The molecule has 2 aromatic rings. The standard InChI is InChI=1S/C17H16O3/c1-13-4-6-14(7-5-13)15-8-10-16(11-9-15)20-17(19)3-2-12-18/h4-12H,2-3H2,1H3. The number of hydrogen-bond donors (Lipinski definition) is 0. The molecule has 0 heterocycles. The Bertz CT molecular complexity index is 583. The lowest BCUT2D eigenvalue weighted by Crippen LogP contribution is -2.07. The fourth-order valence-electron chi connectivity index (χ4n) is 1.82. The topological polar surface area (TPSA) is 43.4 Å². The molecule has 0 aromatic heterocycles. The summed E-state index contributed by atoms with van der Waals surface area (Å²) in [5.74, 6) is 0.108. The molecule has 0 aliphatic rings. The summed E-state index contributed by atoms with van der Waals surface area (Å²) in [4.78, 5) is 21.6. The Morgan fingerprint density at radius 3 is 2.10 bits per heavy atom. The highest BCUT2D eigenvalue weighted by molar-refractivity contribution is 5.75. The van der Waals surface area contributed by atoms with Gasteiger partial charge in [0, 0.05) is 6.42 Å². The Morgan fingerprint density at radius 1 is 1.00 bits per heavy atom. The minimum atomic E-state index is -0.389. The van der Waals surface area contributed by atoms with Crippen molar-refractivity contribution in [2.24, 2.45) is 0 Å². The number of rotatable bonds is 5. The summed E-state index contributed by atoms with van der Waals surface area (Å²) >= 11 is 0. The van der Waals surface area contributed by atoms with E-state index >= 15 is 0 Å². The molecule has 2 rings (SSSR count). The number of aldehydes is 1. The molecule has 0 fully saturated rings. The zero-order chi connectivity index (χ0) is 14.4. The molecule has 0 aliphatic heterocycles. The number of benzene rings is 2. The molecule has 102 valence electrons. The number of carbonyl (C=O) groups excluding carboxylic acids is 2. The van der Waals surface area contributed by atoms with Crippen LogP contribution in [0.3, 0.4) is 0 Å². The van der Waals surface area contributed by atoms with E-state index < -0.39 is 0 Å². The van der Waals surface area contributed by atoms with Gasteiger partial charge in [-0.05, 0) is 30.2 Å². The normalized spacial score (nSPS) is 10.1. The summed E-state index contributed by atoms with van der Waals surface area (Å²) in [5.41, 5.74) is 3.40. The van der Waals surface area contributed by atoms with Crippen molar-refractivity contribution >= 4 is 12.3 Å². The van der Waals surface area contributed by atoms with Gasteiger partial charge >= 0.3 is 5.97 Å². The van der Waals surface area contributed by atoms with Gasteiger partial charge in [-0.25, -0.2) is 0 Å². The first-order chi connectivity index (χ1) is 9.69. The summed E-state index contributed by atoms with van der Waals surface area (Å²) in [6.07, 6.45) is 1.02. The zero-order valence-corrected chi connectivity index (χ0v) is 11.3. The lowest BCUT2D eigenvalue weighted by atomic mass is 10.0. The van der Waals surface area contributed by atoms with E-state index in [-0.39, 0.29) is 18.8 Å². The maximum absolute atomic E-state index is 11.4. The minimum Gasteiger partial charge on any atom is -0.427 e. The van der Waals surface area contributed by atoms with Gasteiger partial charge in [0.15, 0.2) is 0 Å². The Kier molecular flexibility index (Phi) is 4.66. The van der Waals surface area contributed by atoms with Gasteiger partial charge in [-0.2, -0.15) is 0 Å². The molecule has 0 N–H and O–H groups in total. The Hall–Kier alpha value is -2.42. The van der Waals surface area contributed by atoms with Crippen LogP contribution in [0.1, 0.15) is 18.4 Å². The Morgan fingerprint density at radius 2 is 1.55 bits per heavy atom. The van der Waals surface area contributed by atoms with Crippen molar-refractivity contribution in [2.75, 3.05) is 0 Å². The van der Waals surface area contributed by atoms with E-state index in [4.69, 9.17) is 4.74 Å². The van der Waals surface area contributed by atoms with E-state index in [1.807, 2.05) is 19.1 Å². The molecule has 0 unspecified atom stereocenters. The van der Waals surface area contributed by atoms with Crippen LogP contribution < -0.4 is 4.74 Å². The number of esters is 1. The summed E-state index contributed by atoms with van der Waals surface area (Å²) in [6, 6.07) is 15.6. The second-order valence-corrected chi connectivity index (χ2v) is 4.57. The van der Waals surface area contributed by atoms with Gasteiger partial charge < -0.3 is 9.53 Å². The SMILES string of the molecule is Cc1ccc(-c2ccc(OC(=O)CCC=O)cc2)cc1. The fourth-order valence-corrected chi connectivity index (χ4v) is 1.82. The van der Waals surface area contributed by atoms with Crippen molar-refractivity contribution < 1.29 is 14.3 Å². The molecule has 3 nitrogen and oxygen atoms in total. The van der Waals surface area contributed by atoms with E-state index in [2.05, 4.69) is 24.3 Å². The van der Waals surface area contributed by atoms with Gasteiger partial charge in [0.1, 0.15) is 12.0 Å². The molecule has 0 amide bonds. The van der Waals surface area contributed by atoms with Crippen molar-refractivity contribution in [3.05, 3.63) is 54.1 Å². The molecule has 0 radical (unpaired) electrons. The molecule has 0 saturated carbocycles. The fraction of sp³-hybridized carbons (Fsp3) is 0.176. The van der Waals surface area contributed by atoms with Crippen LogP contribution in [0.25, 0.3) is 11.1 Å². The van der Waals surface area contributed by atoms with Crippen molar-refractivity contribution in [1.82, 2.24) is 0 Å². The highest BCUT2D eigenvalue weighted by Gasteiger charge is 2.04. The predicted molar refractivity (Wildman–Crippen MR) is 77.5 cm³/mol. The van der Waals surface area contributed by atoms with Gasteiger partial charge in [0.05, 0.1) is 6.42 Å². The van der Waals surface area contributed by atoms with Crippen LogP contribution in [0.4, 0.5) is 0 Å². The maximum atomic E-state index is 11.4. The number of carbonyl (C=O) groups is 2. The van der Waals surface area contributed by atoms with E-state index in [1.165, 1.54) is 5.56 Å². The highest BCUT2D eigenvalue weighted by Crippen LogP contribution is 2.22. The smallest absolute Gasteiger partial charge is 0.311 e. The van der Waals surface area contributed by atoms with E-state index in [1.54, 1.807) is 12.1 Å². The van der Waals surface area contributed by atoms with Crippen molar-refractivity contribution in [2.45, 2.75) is 19.8 Å². The molecule has 0 aliphatic carbocycles. The van der Waals surface area contributed by atoms with Crippen LogP contribution in [-0.2, 0) is 9.59 Å². The minimum absolute atomic E-state index is 0.114. The number of ether oxygens (including phenoxy) is 1. The van der Waals surface area contributed by atoms with Crippen LogP contribution in [0.15, 0.2) is 48.5 Å². The average Bonchev–Trinajstić information content (AvgIpc) is 2.47. The average molecular weight is 268 g/mol. The molecule has 0 spiro atoms. The predicted octanol–water partition coefficient (Wildman–Crippen LogP) is 3.55. The molecular formula is C17H16O3. The van der Waals surface area contributed by atoms with Crippen molar-refractivity contribution in [3.63, 3.8) is 0 Å². The van der Waals surface area contributed by atoms with Gasteiger partial charge in [-0.15, -0.1) is 0 Å². The number of hydrogen-bond acceptors (Lipinski definition) is 3. The van der Waals surface area contributed by atoms with Gasteiger partial charge in [0.25, 0.3) is 0 Å². The molecule has 0 atom stereocenters. The summed E-state index contributed by atoms with van der Waals surface area (Å²) < 4.78 is 5.13. The largest absolute Gasteiger partial charge is 0.427 e. The van der Waals surface area contributed by atoms with Crippen LogP contribution in [0.5, 0.6) is 5.75 Å². The first-order valence-corrected chi connectivity index (χ1v) is 6.50. The first kappa shape index (κ1) is 14.0. The maximum Gasteiger partial charge on any atom is 0.311 e. The zero-order valence-electron chi connectivity index (χ0n) is 11.3. The third-order valence-corrected chi connectivity index (χ3v) is 2.94. The summed E-state index contributed by atoms with van der Waals surface area (Å²) in [6.45, 7) is 2.05. The highest BCUT2D eigenvalue weighted by atomic mass is 16.5. The third-order valence-electron chi connectivity index (χ3n) is 2.94. The second-order valence-electron chi connectivity index (χ2n) is 4.57. The quantitative estimate of drug-likeness (QED) is 0.473. The Labute approximate surface area is 118 Å². The van der Waals surface area contributed by atoms with E-state index in [9.17, 15) is 9.59 Å². The summed E-state index contributed by atoms with van der Waals surface area (Å²) in [5, 5.41) is 0.